The molecule has 162 valence electrons. The van der Waals surface area contributed by atoms with Gasteiger partial charge in [0.1, 0.15) is 11.6 Å². The highest BCUT2D eigenvalue weighted by atomic mass is 19.4. The Morgan fingerprint density at radius 1 is 1.13 bits per heavy atom. The van der Waals surface area contributed by atoms with E-state index in [-0.39, 0.29) is 23.9 Å². The molecule has 0 aliphatic carbocycles. The minimum Gasteiger partial charge on any atom is -0.381 e. The third-order valence-electron chi connectivity index (χ3n) is 5.90. The lowest BCUT2D eigenvalue weighted by Crippen LogP contribution is -2.36. The van der Waals surface area contributed by atoms with Gasteiger partial charge in [-0.05, 0) is 37.3 Å². The van der Waals surface area contributed by atoms with Crippen molar-refractivity contribution < 1.29 is 22.7 Å². The zero-order valence-electron chi connectivity index (χ0n) is 16.6. The zero-order valence-corrected chi connectivity index (χ0v) is 16.6. The number of nitrogens with zero attached hydrogens (tertiary/aromatic N) is 3. The summed E-state index contributed by atoms with van der Waals surface area (Å²) in [4.78, 5) is 12.5. The van der Waals surface area contributed by atoms with Crippen LogP contribution in [0.2, 0.25) is 0 Å². The Morgan fingerprint density at radius 3 is 2.67 bits per heavy atom. The molecule has 2 aromatic rings. The fraction of sp³-hybridized carbons (Fsp3) is 0.571. The number of aryl methyl sites for hydroxylation is 1. The van der Waals surface area contributed by atoms with Crippen molar-refractivity contribution in [2.24, 2.45) is 0 Å². The van der Waals surface area contributed by atoms with E-state index in [2.05, 4.69) is 20.1 Å². The van der Waals surface area contributed by atoms with E-state index in [1.54, 1.807) is 0 Å². The van der Waals surface area contributed by atoms with Gasteiger partial charge in [-0.1, -0.05) is 18.2 Å². The number of hydrogen-bond donors (Lipinski definition) is 1. The molecule has 1 aromatic carbocycles. The predicted octanol–water partition coefficient (Wildman–Crippen LogP) is 3.25. The van der Waals surface area contributed by atoms with E-state index in [4.69, 9.17) is 4.74 Å². The first kappa shape index (κ1) is 20.8. The first-order valence-corrected chi connectivity index (χ1v) is 10.4. The number of amides is 1. The van der Waals surface area contributed by atoms with Gasteiger partial charge in [0, 0.05) is 38.1 Å². The van der Waals surface area contributed by atoms with Crippen LogP contribution >= 0.6 is 0 Å². The summed E-state index contributed by atoms with van der Waals surface area (Å²) in [6.45, 7) is 2.15. The Kier molecular flexibility index (Phi) is 6.08. The number of rotatable bonds is 4. The molecule has 1 amide bonds. The molecular weight excluding hydrogens is 397 g/mol. The van der Waals surface area contributed by atoms with E-state index < -0.39 is 11.7 Å². The van der Waals surface area contributed by atoms with Crippen LogP contribution in [0.4, 0.5) is 13.2 Å². The van der Waals surface area contributed by atoms with E-state index in [0.717, 1.165) is 43.8 Å². The Labute approximate surface area is 172 Å². The van der Waals surface area contributed by atoms with Crippen LogP contribution in [0.1, 0.15) is 54.4 Å². The number of ether oxygens (including phenoxy) is 1. The first-order chi connectivity index (χ1) is 14.4. The SMILES string of the molecule is O=C(Cc1ccccc1C(F)(F)F)NC1CCc2nnc(C3CCOCC3)n2CC1. The molecule has 9 heteroatoms. The average Bonchev–Trinajstić information content (AvgIpc) is 3.03. The molecule has 1 aromatic heterocycles. The van der Waals surface area contributed by atoms with E-state index in [1.807, 2.05) is 0 Å². The smallest absolute Gasteiger partial charge is 0.381 e. The highest BCUT2D eigenvalue weighted by molar-refractivity contribution is 5.79. The van der Waals surface area contributed by atoms with Crippen molar-refractivity contribution in [1.29, 1.82) is 0 Å². The summed E-state index contributed by atoms with van der Waals surface area (Å²) in [6, 6.07) is 5.13. The summed E-state index contributed by atoms with van der Waals surface area (Å²) in [6.07, 6.45) is -0.825. The average molecular weight is 422 g/mol. The van der Waals surface area contributed by atoms with Crippen LogP contribution in [0, 0.1) is 0 Å². The minimum absolute atomic E-state index is 0.00458. The van der Waals surface area contributed by atoms with Gasteiger partial charge in [-0.2, -0.15) is 13.2 Å². The van der Waals surface area contributed by atoms with Crippen LogP contribution in [0.15, 0.2) is 24.3 Å². The zero-order chi connectivity index (χ0) is 21.1. The normalized spacial score (nSPS) is 20.4. The fourth-order valence-electron chi connectivity index (χ4n) is 4.32. The van der Waals surface area contributed by atoms with Crippen LogP contribution < -0.4 is 5.32 Å². The number of benzene rings is 1. The molecule has 2 aliphatic rings. The predicted molar refractivity (Wildman–Crippen MR) is 103 cm³/mol. The lowest BCUT2D eigenvalue weighted by atomic mass is 9.99. The Hall–Kier alpha value is -2.42. The van der Waals surface area contributed by atoms with E-state index in [1.165, 1.54) is 18.2 Å². The maximum absolute atomic E-state index is 13.2. The van der Waals surface area contributed by atoms with E-state index in [0.29, 0.717) is 31.7 Å². The third-order valence-corrected chi connectivity index (χ3v) is 5.90. The lowest BCUT2D eigenvalue weighted by Gasteiger charge is -2.22. The van der Waals surface area contributed by atoms with Gasteiger partial charge in [-0.3, -0.25) is 4.79 Å². The molecule has 1 saturated heterocycles. The van der Waals surface area contributed by atoms with Crippen molar-refractivity contribution in [3.8, 4) is 0 Å². The van der Waals surface area contributed by atoms with Crippen LogP contribution in [-0.4, -0.2) is 39.9 Å². The molecule has 0 bridgehead atoms. The van der Waals surface area contributed by atoms with Gasteiger partial charge in [0.15, 0.2) is 0 Å². The van der Waals surface area contributed by atoms with Crippen molar-refractivity contribution in [2.75, 3.05) is 13.2 Å². The van der Waals surface area contributed by atoms with Gasteiger partial charge in [-0.15, -0.1) is 10.2 Å². The van der Waals surface area contributed by atoms with Gasteiger partial charge >= 0.3 is 6.18 Å². The number of carbonyl (C=O) groups is 1. The van der Waals surface area contributed by atoms with E-state index in [9.17, 15) is 18.0 Å². The van der Waals surface area contributed by atoms with Gasteiger partial charge in [0.2, 0.25) is 5.91 Å². The van der Waals surface area contributed by atoms with Crippen LogP contribution in [0.5, 0.6) is 0 Å². The van der Waals surface area contributed by atoms with Gasteiger partial charge in [0.05, 0.1) is 12.0 Å². The quantitative estimate of drug-likeness (QED) is 0.821. The molecule has 6 nitrogen and oxygen atoms in total. The second-order valence-electron chi connectivity index (χ2n) is 7.94. The summed E-state index contributed by atoms with van der Waals surface area (Å²) >= 11 is 0. The number of alkyl halides is 3. The number of aromatic nitrogens is 3. The molecule has 1 fully saturated rings. The largest absolute Gasteiger partial charge is 0.416 e. The van der Waals surface area contributed by atoms with Crippen molar-refractivity contribution in [2.45, 2.75) is 63.2 Å². The first-order valence-electron chi connectivity index (χ1n) is 10.4. The Balaban J connectivity index is 1.38. The monoisotopic (exact) mass is 422 g/mol. The standard InChI is InChI=1S/C21H25F3N4O2/c22-21(23,24)17-4-2-1-3-15(17)13-19(29)25-16-5-6-18-26-27-20(28(18)10-7-16)14-8-11-30-12-9-14/h1-4,14,16H,5-13H2,(H,25,29). The number of fused-ring (bicyclic) bond motifs is 1. The number of carbonyl (C=O) groups excluding carboxylic acids is 1. The molecule has 0 saturated carbocycles. The topological polar surface area (TPSA) is 69.0 Å². The highest BCUT2D eigenvalue weighted by Crippen LogP contribution is 2.32. The molecule has 3 heterocycles. The fourth-order valence-corrected chi connectivity index (χ4v) is 4.32. The van der Waals surface area contributed by atoms with E-state index >= 15 is 0 Å². The van der Waals surface area contributed by atoms with Crippen molar-refractivity contribution >= 4 is 5.91 Å². The molecule has 4 rings (SSSR count). The number of nitrogens with one attached hydrogen (secondary N) is 1. The summed E-state index contributed by atoms with van der Waals surface area (Å²) in [7, 11) is 0. The van der Waals surface area contributed by atoms with Crippen molar-refractivity contribution in [3.63, 3.8) is 0 Å². The number of halogens is 3. The summed E-state index contributed by atoms with van der Waals surface area (Å²) in [5.41, 5.74) is -0.761. The summed E-state index contributed by atoms with van der Waals surface area (Å²) < 4.78 is 47.1. The van der Waals surface area contributed by atoms with Crippen LogP contribution in [0.25, 0.3) is 0 Å². The minimum atomic E-state index is -4.47. The Bertz CT molecular complexity index is 891. The van der Waals surface area contributed by atoms with Crippen molar-refractivity contribution in [3.05, 3.63) is 47.0 Å². The maximum Gasteiger partial charge on any atom is 0.416 e. The van der Waals surface area contributed by atoms with Gasteiger partial charge in [0.25, 0.3) is 0 Å². The van der Waals surface area contributed by atoms with Crippen LogP contribution in [0.3, 0.4) is 0 Å². The summed E-state index contributed by atoms with van der Waals surface area (Å²) in [5, 5.41) is 11.7. The molecule has 0 radical (unpaired) electrons. The molecule has 2 aliphatic heterocycles. The van der Waals surface area contributed by atoms with Gasteiger partial charge in [-0.25, -0.2) is 0 Å². The molecule has 1 atom stereocenters. The molecule has 30 heavy (non-hydrogen) atoms. The van der Waals surface area contributed by atoms with Gasteiger partial charge < -0.3 is 14.6 Å². The number of hydrogen-bond acceptors (Lipinski definition) is 4. The Morgan fingerprint density at radius 2 is 1.90 bits per heavy atom. The highest BCUT2D eigenvalue weighted by Gasteiger charge is 2.33. The molecular formula is C21H25F3N4O2. The molecule has 0 spiro atoms. The lowest BCUT2D eigenvalue weighted by molar-refractivity contribution is -0.138. The maximum atomic E-state index is 13.2. The van der Waals surface area contributed by atoms with Crippen molar-refractivity contribution in [1.82, 2.24) is 20.1 Å². The second kappa shape index (κ2) is 8.75. The molecule has 1 unspecified atom stereocenters. The third kappa shape index (κ3) is 4.66. The molecule has 1 N–H and O–H groups in total. The summed E-state index contributed by atoms with van der Waals surface area (Å²) in [5.74, 6) is 1.85. The second-order valence-corrected chi connectivity index (χ2v) is 7.94. The van der Waals surface area contributed by atoms with Crippen LogP contribution in [-0.2, 0) is 35.1 Å².